The molecule has 1 N–H and O–H groups in total. The first kappa shape index (κ1) is 17.5. The van der Waals surface area contributed by atoms with Crippen LogP contribution in [-0.2, 0) is 19.1 Å². The van der Waals surface area contributed by atoms with E-state index in [9.17, 15) is 19.5 Å². The standard InChI is InChI=1S/C15H25NO5/c1-4-15(5-2,14(19)20)10-12(17)16-9-7-8-11(16)13(18)21-6-3/h11H,4-10H2,1-3H3,(H,19,20). The average Bonchev–Trinajstić information content (AvgIpc) is 2.94. The van der Waals surface area contributed by atoms with Gasteiger partial charge in [-0.2, -0.15) is 0 Å². The number of carbonyl (C=O) groups is 3. The molecule has 120 valence electrons. The molecule has 1 aliphatic rings. The molecule has 0 bridgehead atoms. The van der Waals surface area contributed by atoms with Crippen LogP contribution >= 0.6 is 0 Å². The third kappa shape index (κ3) is 3.74. The molecule has 1 aliphatic heterocycles. The third-order valence-electron chi connectivity index (χ3n) is 4.43. The lowest BCUT2D eigenvalue weighted by Gasteiger charge is -2.30. The van der Waals surface area contributed by atoms with Gasteiger partial charge in [0.2, 0.25) is 5.91 Å². The topological polar surface area (TPSA) is 83.9 Å². The first-order valence-corrected chi connectivity index (χ1v) is 7.61. The molecule has 6 nitrogen and oxygen atoms in total. The van der Waals surface area contributed by atoms with Gasteiger partial charge in [-0.3, -0.25) is 9.59 Å². The van der Waals surface area contributed by atoms with Crippen LogP contribution in [0.3, 0.4) is 0 Å². The molecular formula is C15H25NO5. The molecule has 1 unspecified atom stereocenters. The molecule has 1 fully saturated rings. The SMILES string of the molecule is CCOC(=O)C1CCCN1C(=O)CC(CC)(CC)C(=O)O. The minimum atomic E-state index is -1.04. The van der Waals surface area contributed by atoms with E-state index >= 15 is 0 Å². The highest BCUT2D eigenvalue weighted by Crippen LogP contribution is 2.33. The van der Waals surface area contributed by atoms with Crippen molar-refractivity contribution in [3.8, 4) is 0 Å². The van der Waals surface area contributed by atoms with E-state index in [0.717, 1.165) is 6.42 Å². The second-order valence-electron chi connectivity index (χ2n) is 5.47. The van der Waals surface area contributed by atoms with Crippen LogP contribution in [0.4, 0.5) is 0 Å². The zero-order chi connectivity index (χ0) is 16.0. The molecule has 0 spiro atoms. The first-order chi connectivity index (χ1) is 9.91. The largest absolute Gasteiger partial charge is 0.481 e. The summed E-state index contributed by atoms with van der Waals surface area (Å²) in [4.78, 5) is 37.3. The minimum Gasteiger partial charge on any atom is -0.481 e. The molecule has 21 heavy (non-hydrogen) atoms. The third-order valence-corrected chi connectivity index (χ3v) is 4.43. The summed E-state index contributed by atoms with van der Waals surface area (Å²) in [5.41, 5.74) is -1.04. The number of nitrogens with zero attached hydrogens (tertiary/aromatic N) is 1. The molecule has 6 heteroatoms. The fourth-order valence-electron chi connectivity index (χ4n) is 2.82. The second kappa shape index (κ2) is 7.43. The van der Waals surface area contributed by atoms with Crippen molar-refractivity contribution in [1.29, 1.82) is 0 Å². The van der Waals surface area contributed by atoms with Crippen LogP contribution in [0.2, 0.25) is 0 Å². The molecule has 0 radical (unpaired) electrons. The molecule has 1 atom stereocenters. The smallest absolute Gasteiger partial charge is 0.328 e. The van der Waals surface area contributed by atoms with Crippen molar-refractivity contribution in [2.24, 2.45) is 5.41 Å². The monoisotopic (exact) mass is 299 g/mol. The summed E-state index contributed by atoms with van der Waals surface area (Å²) in [6.07, 6.45) is 2.05. The van der Waals surface area contributed by atoms with Gasteiger partial charge >= 0.3 is 11.9 Å². The van der Waals surface area contributed by atoms with Crippen molar-refractivity contribution in [2.45, 2.75) is 58.9 Å². The number of hydrogen-bond donors (Lipinski definition) is 1. The van der Waals surface area contributed by atoms with Crippen molar-refractivity contribution >= 4 is 17.8 Å². The highest BCUT2D eigenvalue weighted by molar-refractivity contribution is 5.88. The number of ether oxygens (including phenoxy) is 1. The Morgan fingerprint density at radius 3 is 2.33 bits per heavy atom. The number of carboxylic acid groups (broad SMARTS) is 1. The van der Waals surface area contributed by atoms with Crippen molar-refractivity contribution in [3.05, 3.63) is 0 Å². The number of carbonyl (C=O) groups excluding carboxylic acids is 2. The van der Waals surface area contributed by atoms with Crippen LogP contribution in [0.5, 0.6) is 0 Å². The number of hydrogen-bond acceptors (Lipinski definition) is 4. The highest BCUT2D eigenvalue weighted by atomic mass is 16.5. The Balaban J connectivity index is 2.82. The summed E-state index contributed by atoms with van der Waals surface area (Å²) < 4.78 is 4.99. The van der Waals surface area contributed by atoms with Crippen molar-refractivity contribution in [2.75, 3.05) is 13.2 Å². The summed E-state index contributed by atoms with van der Waals surface area (Å²) in [6, 6.07) is -0.558. The van der Waals surface area contributed by atoms with Crippen LogP contribution in [0.1, 0.15) is 52.9 Å². The van der Waals surface area contributed by atoms with Gasteiger partial charge < -0.3 is 14.7 Å². The van der Waals surface area contributed by atoms with Crippen LogP contribution in [0.15, 0.2) is 0 Å². The van der Waals surface area contributed by atoms with E-state index in [1.807, 2.05) is 0 Å². The predicted molar refractivity (Wildman–Crippen MR) is 76.6 cm³/mol. The quantitative estimate of drug-likeness (QED) is 0.725. The van der Waals surface area contributed by atoms with Gasteiger partial charge in [0.1, 0.15) is 6.04 Å². The van der Waals surface area contributed by atoms with Gasteiger partial charge in [-0.25, -0.2) is 4.79 Å². The zero-order valence-electron chi connectivity index (χ0n) is 13.1. The van der Waals surface area contributed by atoms with Gasteiger partial charge in [0, 0.05) is 13.0 Å². The number of rotatable bonds is 7. The molecule has 0 saturated carbocycles. The summed E-state index contributed by atoms with van der Waals surface area (Å²) in [6.45, 7) is 6.05. The van der Waals surface area contributed by atoms with E-state index in [1.165, 1.54) is 4.90 Å². The van der Waals surface area contributed by atoms with Crippen LogP contribution < -0.4 is 0 Å². The Hall–Kier alpha value is -1.59. The van der Waals surface area contributed by atoms with Gasteiger partial charge in [0.25, 0.3) is 0 Å². The lowest BCUT2D eigenvalue weighted by atomic mass is 9.79. The second-order valence-corrected chi connectivity index (χ2v) is 5.47. The molecule has 0 aromatic carbocycles. The van der Waals surface area contributed by atoms with Crippen molar-refractivity contribution < 1.29 is 24.2 Å². The summed E-state index contributed by atoms with van der Waals surface area (Å²) >= 11 is 0. The molecule has 0 aliphatic carbocycles. The molecule has 1 amide bonds. The Kier molecular flexibility index (Phi) is 6.18. The number of aliphatic carboxylic acids is 1. The number of esters is 1. The van der Waals surface area contributed by atoms with Gasteiger partial charge in [0.05, 0.1) is 12.0 Å². The molecule has 1 saturated heterocycles. The predicted octanol–water partition coefficient (Wildman–Crippen LogP) is 1.82. The Bertz CT molecular complexity index is 403. The van der Waals surface area contributed by atoms with Crippen LogP contribution in [0, 0.1) is 5.41 Å². The van der Waals surface area contributed by atoms with Gasteiger partial charge in [-0.15, -0.1) is 0 Å². The Labute approximate surface area is 125 Å². The van der Waals surface area contributed by atoms with E-state index in [4.69, 9.17) is 4.74 Å². The van der Waals surface area contributed by atoms with Crippen LogP contribution in [-0.4, -0.2) is 47.0 Å². The van der Waals surface area contributed by atoms with Gasteiger partial charge in [0.15, 0.2) is 0 Å². The summed E-state index contributed by atoms with van der Waals surface area (Å²) in [5, 5.41) is 9.41. The highest BCUT2D eigenvalue weighted by Gasteiger charge is 2.42. The number of amides is 1. The zero-order valence-corrected chi connectivity index (χ0v) is 13.1. The van der Waals surface area contributed by atoms with E-state index in [0.29, 0.717) is 25.8 Å². The van der Waals surface area contributed by atoms with Crippen LogP contribution in [0.25, 0.3) is 0 Å². The molecule has 0 aromatic heterocycles. The van der Waals surface area contributed by atoms with E-state index < -0.39 is 23.4 Å². The fraction of sp³-hybridized carbons (Fsp3) is 0.800. The van der Waals surface area contributed by atoms with E-state index in [1.54, 1.807) is 20.8 Å². The van der Waals surface area contributed by atoms with Gasteiger partial charge in [-0.05, 0) is 32.6 Å². The van der Waals surface area contributed by atoms with Crippen molar-refractivity contribution in [1.82, 2.24) is 4.90 Å². The lowest BCUT2D eigenvalue weighted by molar-refractivity contribution is -0.157. The average molecular weight is 299 g/mol. The maximum absolute atomic E-state index is 12.5. The van der Waals surface area contributed by atoms with E-state index in [2.05, 4.69) is 0 Å². The minimum absolute atomic E-state index is 0.0642. The summed E-state index contributed by atoms with van der Waals surface area (Å²) in [5.74, 6) is -1.61. The lowest BCUT2D eigenvalue weighted by Crippen LogP contribution is -2.44. The number of carboxylic acids is 1. The Morgan fingerprint density at radius 1 is 1.24 bits per heavy atom. The summed E-state index contributed by atoms with van der Waals surface area (Å²) in [7, 11) is 0. The van der Waals surface area contributed by atoms with Crippen molar-refractivity contribution in [3.63, 3.8) is 0 Å². The molecule has 1 rings (SSSR count). The molecule has 1 heterocycles. The maximum Gasteiger partial charge on any atom is 0.328 e. The number of likely N-dealkylation sites (tertiary alicyclic amines) is 1. The van der Waals surface area contributed by atoms with E-state index in [-0.39, 0.29) is 18.9 Å². The molecule has 0 aromatic rings. The van der Waals surface area contributed by atoms with Gasteiger partial charge in [-0.1, -0.05) is 13.8 Å². The maximum atomic E-state index is 12.5. The molecular weight excluding hydrogens is 274 g/mol. The first-order valence-electron chi connectivity index (χ1n) is 7.61. The Morgan fingerprint density at radius 2 is 1.86 bits per heavy atom. The normalized spacial score (nSPS) is 18.6. The fourth-order valence-corrected chi connectivity index (χ4v) is 2.82.